The van der Waals surface area contributed by atoms with E-state index in [4.69, 9.17) is 4.74 Å². The molecule has 0 amide bonds. The third-order valence-electron chi connectivity index (χ3n) is 3.88. The fraction of sp³-hybridized carbons (Fsp3) is 0.611. The molecule has 0 spiro atoms. The first kappa shape index (κ1) is 20.2. The number of benzene rings is 1. The van der Waals surface area contributed by atoms with Crippen molar-refractivity contribution >= 4 is 5.96 Å². The molecular weight excluding hydrogens is 307 g/mol. The fourth-order valence-corrected chi connectivity index (χ4v) is 2.44. The molecule has 0 saturated heterocycles. The molecule has 136 valence electrons. The molecule has 1 rings (SSSR count). The summed E-state index contributed by atoms with van der Waals surface area (Å²) in [6.07, 6.45) is 2.43. The number of nitrogens with one attached hydrogen (secondary N) is 1. The first-order valence-corrected chi connectivity index (χ1v) is 8.44. The third kappa shape index (κ3) is 6.74. The second-order valence-electron chi connectivity index (χ2n) is 5.96. The number of likely N-dealkylation sites (N-methyl/N-ethyl adjacent to an activating group) is 1. The quantitative estimate of drug-likeness (QED) is 0.555. The summed E-state index contributed by atoms with van der Waals surface area (Å²) in [5.41, 5.74) is 0.874. The van der Waals surface area contributed by atoms with E-state index in [2.05, 4.69) is 29.2 Å². The number of unbranched alkanes of at least 4 members (excludes halogenated alkanes) is 1. The lowest BCUT2D eigenvalue weighted by Crippen LogP contribution is -2.41. The molecule has 0 fully saturated rings. The van der Waals surface area contributed by atoms with Crippen molar-refractivity contribution in [2.75, 3.05) is 47.9 Å². The number of nitrogens with zero attached hydrogens (tertiary/aromatic N) is 3. The van der Waals surface area contributed by atoms with Gasteiger partial charge in [-0.05, 0) is 37.7 Å². The van der Waals surface area contributed by atoms with Crippen LogP contribution in [0.3, 0.4) is 0 Å². The van der Waals surface area contributed by atoms with Gasteiger partial charge >= 0.3 is 0 Å². The number of hydrogen-bond acceptors (Lipinski definition) is 3. The molecule has 5 nitrogen and oxygen atoms in total. The van der Waals surface area contributed by atoms with Gasteiger partial charge in [-0.2, -0.15) is 0 Å². The van der Waals surface area contributed by atoms with Gasteiger partial charge in [0.05, 0.1) is 7.11 Å². The minimum absolute atomic E-state index is 0.263. The second kappa shape index (κ2) is 10.9. The van der Waals surface area contributed by atoms with Gasteiger partial charge in [-0.15, -0.1) is 0 Å². The molecule has 0 aliphatic carbocycles. The van der Waals surface area contributed by atoms with E-state index in [-0.39, 0.29) is 11.6 Å². The Hall–Kier alpha value is -1.82. The zero-order valence-electron chi connectivity index (χ0n) is 15.6. The van der Waals surface area contributed by atoms with Gasteiger partial charge in [0.1, 0.15) is 0 Å². The van der Waals surface area contributed by atoms with Gasteiger partial charge in [-0.3, -0.25) is 4.99 Å². The zero-order valence-corrected chi connectivity index (χ0v) is 15.6. The van der Waals surface area contributed by atoms with Crippen LogP contribution in [0, 0.1) is 5.82 Å². The van der Waals surface area contributed by atoms with E-state index in [0.29, 0.717) is 6.54 Å². The Morgan fingerprint density at radius 2 is 2.04 bits per heavy atom. The van der Waals surface area contributed by atoms with Crippen molar-refractivity contribution in [3.63, 3.8) is 0 Å². The molecule has 0 atom stereocenters. The van der Waals surface area contributed by atoms with E-state index in [1.807, 2.05) is 18.0 Å². The molecule has 0 bridgehead atoms. The predicted molar refractivity (Wildman–Crippen MR) is 98.2 cm³/mol. The number of aliphatic imine (C=N–C) groups is 1. The van der Waals surface area contributed by atoms with Crippen molar-refractivity contribution in [1.82, 2.24) is 15.1 Å². The Balaban J connectivity index is 2.49. The molecule has 0 radical (unpaired) electrons. The molecule has 0 aliphatic rings. The summed E-state index contributed by atoms with van der Waals surface area (Å²) in [6, 6.07) is 5.02. The van der Waals surface area contributed by atoms with Crippen LogP contribution in [0.5, 0.6) is 5.75 Å². The number of ether oxygens (including phenoxy) is 1. The number of guanidine groups is 1. The van der Waals surface area contributed by atoms with Gasteiger partial charge in [0.15, 0.2) is 17.5 Å². The minimum atomic E-state index is -0.344. The SMILES string of the molecule is CCCCN(C)CCNC(=NC)N(C)Cc1ccc(OC)c(F)c1. The zero-order chi connectivity index (χ0) is 17.9. The van der Waals surface area contributed by atoms with Crippen molar-refractivity contribution < 1.29 is 9.13 Å². The first-order chi connectivity index (χ1) is 11.5. The van der Waals surface area contributed by atoms with E-state index in [1.165, 1.54) is 26.0 Å². The van der Waals surface area contributed by atoms with E-state index < -0.39 is 0 Å². The summed E-state index contributed by atoms with van der Waals surface area (Å²) in [4.78, 5) is 8.58. The molecule has 0 unspecified atom stereocenters. The van der Waals surface area contributed by atoms with Crippen LogP contribution in [0.4, 0.5) is 4.39 Å². The number of methoxy groups -OCH3 is 1. The highest BCUT2D eigenvalue weighted by Gasteiger charge is 2.09. The maximum atomic E-state index is 13.8. The lowest BCUT2D eigenvalue weighted by molar-refractivity contribution is 0.329. The molecule has 0 aromatic heterocycles. The lowest BCUT2D eigenvalue weighted by atomic mass is 10.2. The smallest absolute Gasteiger partial charge is 0.193 e. The van der Waals surface area contributed by atoms with E-state index in [9.17, 15) is 4.39 Å². The largest absolute Gasteiger partial charge is 0.494 e. The lowest BCUT2D eigenvalue weighted by Gasteiger charge is -2.24. The van der Waals surface area contributed by atoms with Crippen LogP contribution < -0.4 is 10.1 Å². The number of hydrogen-bond donors (Lipinski definition) is 1. The van der Waals surface area contributed by atoms with Crippen molar-refractivity contribution in [2.45, 2.75) is 26.3 Å². The van der Waals surface area contributed by atoms with Gasteiger partial charge in [0.2, 0.25) is 0 Å². The molecule has 24 heavy (non-hydrogen) atoms. The van der Waals surface area contributed by atoms with E-state index in [1.54, 1.807) is 13.1 Å². The van der Waals surface area contributed by atoms with Gasteiger partial charge in [-0.1, -0.05) is 19.4 Å². The van der Waals surface area contributed by atoms with Crippen molar-refractivity contribution in [1.29, 1.82) is 0 Å². The van der Waals surface area contributed by atoms with Crippen LogP contribution >= 0.6 is 0 Å². The number of rotatable bonds is 9. The topological polar surface area (TPSA) is 40.1 Å². The third-order valence-corrected chi connectivity index (χ3v) is 3.88. The summed E-state index contributed by atoms with van der Waals surface area (Å²) < 4.78 is 18.7. The molecule has 0 aliphatic heterocycles. The van der Waals surface area contributed by atoms with Gasteiger partial charge in [0.25, 0.3) is 0 Å². The van der Waals surface area contributed by atoms with Crippen LogP contribution in [0.15, 0.2) is 23.2 Å². The first-order valence-electron chi connectivity index (χ1n) is 8.44. The Bertz CT molecular complexity index is 522. The second-order valence-corrected chi connectivity index (χ2v) is 5.96. The van der Waals surface area contributed by atoms with Crippen LogP contribution in [0.1, 0.15) is 25.3 Å². The summed E-state index contributed by atoms with van der Waals surface area (Å²) in [7, 11) is 7.30. The van der Waals surface area contributed by atoms with E-state index >= 15 is 0 Å². The highest BCUT2D eigenvalue weighted by atomic mass is 19.1. The van der Waals surface area contributed by atoms with Crippen LogP contribution in [0.25, 0.3) is 0 Å². The molecular formula is C18H31FN4O. The van der Waals surface area contributed by atoms with Gasteiger partial charge < -0.3 is 19.9 Å². The fourth-order valence-electron chi connectivity index (χ4n) is 2.44. The molecule has 0 saturated carbocycles. The molecule has 1 aromatic rings. The van der Waals surface area contributed by atoms with Crippen LogP contribution in [0.2, 0.25) is 0 Å². The number of halogens is 1. The summed E-state index contributed by atoms with van der Waals surface area (Å²) in [5, 5.41) is 3.35. The normalized spacial score (nSPS) is 11.7. The maximum Gasteiger partial charge on any atom is 0.193 e. The summed E-state index contributed by atoms with van der Waals surface area (Å²) >= 11 is 0. The van der Waals surface area contributed by atoms with Crippen LogP contribution in [-0.4, -0.2) is 63.6 Å². The average Bonchev–Trinajstić information content (AvgIpc) is 2.57. The summed E-state index contributed by atoms with van der Waals surface area (Å²) in [5.74, 6) is 0.720. The highest BCUT2D eigenvalue weighted by Crippen LogP contribution is 2.18. The Morgan fingerprint density at radius 3 is 2.62 bits per heavy atom. The van der Waals surface area contributed by atoms with E-state index in [0.717, 1.165) is 31.2 Å². The molecule has 1 N–H and O–H groups in total. The Labute approximate surface area is 145 Å². The van der Waals surface area contributed by atoms with Gasteiger partial charge in [-0.25, -0.2) is 4.39 Å². The van der Waals surface area contributed by atoms with Crippen molar-refractivity contribution in [2.24, 2.45) is 4.99 Å². The monoisotopic (exact) mass is 338 g/mol. The molecule has 0 heterocycles. The molecule has 1 aromatic carbocycles. The van der Waals surface area contributed by atoms with Crippen molar-refractivity contribution in [3.8, 4) is 5.75 Å². The predicted octanol–water partition coefficient (Wildman–Crippen LogP) is 2.57. The molecule has 6 heteroatoms. The van der Waals surface area contributed by atoms with Crippen LogP contribution in [-0.2, 0) is 6.54 Å². The van der Waals surface area contributed by atoms with Gasteiger partial charge in [0, 0.05) is 33.7 Å². The maximum absolute atomic E-state index is 13.8. The highest BCUT2D eigenvalue weighted by molar-refractivity contribution is 5.79. The average molecular weight is 338 g/mol. The Morgan fingerprint density at radius 1 is 1.29 bits per heavy atom. The van der Waals surface area contributed by atoms with Crippen molar-refractivity contribution in [3.05, 3.63) is 29.6 Å². The Kier molecular flexibility index (Phi) is 9.15. The summed E-state index contributed by atoms with van der Waals surface area (Å²) in [6.45, 7) is 5.67. The standard InChI is InChI=1S/C18H31FN4O/c1-6-7-11-22(3)12-10-21-18(20-2)23(4)14-15-8-9-17(24-5)16(19)13-15/h8-9,13H,6-7,10-12,14H2,1-5H3,(H,20,21). The minimum Gasteiger partial charge on any atom is -0.494 e.